The molecule has 0 aliphatic rings. The Labute approximate surface area is 80.5 Å². The van der Waals surface area contributed by atoms with E-state index in [0.29, 0.717) is 18.4 Å². The standard InChI is InChI=1S/C8H13BrO3/c1-2-12-8(11)5-3-4-7(10)6-9/h3,5,7,10H,2,4,6H2,1H3/b5-3+/t7-/m0/s1. The van der Waals surface area contributed by atoms with Gasteiger partial charge in [0, 0.05) is 11.4 Å². The molecule has 0 heterocycles. The Morgan fingerprint density at radius 3 is 2.92 bits per heavy atom. The molecule has 12 heavy (non-hydrogen) atoms. The van der Waals surface area contributed by atoms with Crippen LogP contribution in [0.2, 0.25) is 0 Å². The van der Waals surface area contributed by atoms with Crippen LogP contribution in [0.3, 0.4) is 0 Å². The van der Waals surface area contributed by atoms with Gasteiger partial charge in [-0.05, 0) is 13.3 Å². The number of aliphatic hydroxyl groups is 1. The van der Waals surface area contributed by atoms with Crippen molar-refractivity contribution in [1.29, 1.82) is 0 Å². The van der Waals surface area contributed by atoms with Gasteiger partial charge in [0.05, 0.1) is 12.7 Å². The van der Waals surface area contributed by atoms with Crippen LogP contribution < -0.4 is 0 Å². The molecule has 0 rings (SSSR count). The largest absolute Gasteiger partial charge is 0.463 e. The molecule has 70 valence electrons. The van der Waals surface area contributed by atoms with Crippen molar-refractivity contribution >= 4 is 21.9 Å². The molecule has 0 saturated heterocycles. The number of carbonyl (C=O) groups excluding carboxylic acids is 1. The van der Waals surface area contributed by atoms with E-state index in [9.17, 15) is 4.79 Å². The van der Waals surface area contributed by atoms with Gasteiger partial charge in [-0.1, -0.05) is 22.0 Å². The second-order valence-corrected chi connectivity index (χ2v) is 2.85. The lowest BCUT2D eigenvalue weighted by atomic mass is 10.3. The third kappa shape index (κ3) is 6.37. The van der Waals surface area contributed by atoms with Gasteiger partial charge in [-0.3, -0.25) is 0 Å². The molecule has 0 radical (unpaired) electrons. The Bertz CT molecular complexity index is 156. The molecule has 1 atom stereocenters. The summed E-state index contributed by atoms with van der Waals surface area (Å²) in [6.45, 7) is 2.13. The van der Waals surface area contributed by atoms with Gasteiger partial charge in [0.1, 0.15) is 0 Å². The van der Waals surface area contributed by atoms with Crippen LogP contribution in [0.5, 0.6) is 0 Å². The average Bonchev–Trinajstić information content (AvgIpc) is 2.04. The van der Waals surface area contributed by atoms with E-state index in [1.807, 2.05) is 0 Å². The lowest BCUT2D eigenvalue weighted by Crippen LogP contribution is -2.06. The average molecular weight is 237 g/mol. The Kier molecular flexibility index (Phi) is 7.09. The lowest BCUT2D eigenvalue weighted by Gasteiger charge is -2.00. The van der Waals surface area contributed by atoms with Crippen molar-refractivity contribution in [1.82, 2.24) is 0 Å². The number of ether oxygens (including phenoxy) is 1. The number of alkyl halides is 1. The maximum absolute atomic E-state index is 10.7. The van der Waals surface area contributed by atoms with Gasteiger partial charge in [-0.15, -0.1) is 0 Å². The number of esters is 1. The van der Waals surface area contributed by atoms with Crippen LogP contribution in [-0.2, 0) is 9.53 Å². The van der Waals surface area contributed by atoms with E-state index < -0.39 is 6.10 Å². The van der Waals surface area contributed by atoms with Gasteiger partial charge in [0.25, 0.3) is 0 Å². The van der Waals surface area contributed by atoms with E-state index in [4.69, 9.17) is 5.11 Å². The number of aliphatic hydroxyl groups excluding tert-OH is 1. The molecule has 0 fully saturated rings. The Hall–Kier alpha value is -0.350. The molecule has 0 amide bonds. The van der Waals surface area contributed by atoms with Crippen LogP contribution in [0, 0.1) is 0 Å². The summed E-state index contributed by atoms with van der Waals surface area (Å²) < 4.78 is 4.64. The van der Waals surface area contributed by atoms with Gasteiger partial charge in [0.2, 0.25) is 0 Å². The molecular formula is C8H13BrO3. The Balaban J connectivity index is 3.54. The predicted molar refractivity (Wildman–Crippen MR) is 50.2 cm³/mol. The summed E-state index contributed by atoms with van der Waals surface area (Å²) in [5.41, 5.74) is 0. The quantitative estimate of drug-likeness (QED) is 0.444. The third-order valence-corrected chi connectivity index (χ3v) is 1.87. The highest BCUT2D eigenvalue weighted by atomic mass is 79.9. The van der Waals surface area contributed by atoms with Crippen LogP contribution in [0.15, 0.2) is 12.2 Å². The molecule has 0 aliphatic carbocycles. The van der Waals surface area contributed by atoms with Gasteiger partial charge < -0.3 is 9.84 Å². The number of hydrogen-bond acceptors (Lipinski definition) is 3. The van der Waals surface area contributed by atoms with Crippen molar-refractivity contribution in [2.24, 2.45) is 0 Å². The van der Waals surface area contributed by atoms with Gasteiger partial charge in [0.15, 0.2) is 0 Å². The molecule has 0 bridgehead atoms. The summed E-state index contributed by atoms with van der Waals surface area (Å²) in [7, 11) is 0. The Morgan fingerprint density at radius 2 is 2.42 bits per heavy atom. The van der Waals surface area contributed by atoms with Crippen molar-refractivity contribution in [3.63, 3.8) is 0 Å². The minimum absolute atomic E-state index is 0.362. The van der Waals surface area contributed by atoms with Crippen LogP contribution in [0.25, 0.3) is 0 Å². The zero-order valence-corrected chi connectivity index (χ0v) is 8.58. The highest BCUT2D eigenvalue weighted by molar-refractivity contribution is 9.09. The molecule has 0 aromatic carbocycles. The zero-order chi connectivity index (χ0) is 9.40. The molecule has 0 unspecified atom stereocenters. The zero-order valence-electron chi connectivity index (χ0n) is 7.00. The van der Waals surface area contributed by atoms with Crippen LogP contribution in [0.1, 0.15) is 13.3 Å². The van der Waals surface area contributed by atoms with Crippen molar-refractivity contribution < 1.29 is 14.6 Å². The molecule has 0 aliphatic heterocycles. The van der Waals surface area contributed by atoms with E-state index in [2.05, 4.69) is 20.7 Å². The van der Waals surface area contributed by atoms with Crippen molar-refractivity contribution in [2.45, 2.75) is 19.4 Å². The van der Waals surface area contributed by atoms with Gasteiger partial charge in [-0.25, -0.2) is 4.79 Å². The minimum atomic E-state index is -0.435. The van der Waals surface area contributed by atoms with Gasteiger partial charge in [-0.2, -0.15) is 0 Å². The van der Waals surface area contributed by atoms with Crippen molar-refractivity contribution in [3.05, 3.63) is 12.2 Å². The predicted octanol–water partition coefficient (Wildman–Crippen LogP) is 1.25. The number of carbonyl (C=O) groups is 1. The fraction of sp³-hybridized carbons (Fsp3) is 0.625. The maximum atomic E-state index is 10.7. The van der Waals surface area contributed by atoms with E-state index in [0.717, 1.165) is 0 Å². The highest BCUT2D eigenvalue weighted by Crippen LogP contribution is 1.97. The minimum Gasteiger partial charge on any atom is -0.463 e. The van der Waals surface area contributed by atoms with E-state index in [-0.39, 0.29) is 5.97 Å². The first-order valence-electron chi connectivity index (χ1n) is 3.78. The van der Waals surface area contributed by atoms with Crippen molar-refractivity contribution in [3.8, 4) is 0 Å². The third-order valence-electron chi connectivity index (χ3n) is 1.13. The van der Waals surface area contributed by atoms with Crippen LogP contribution in [0.4, 0.5) is 0 Å². The number of hydrogen-bond donors (Lipinski definition) is 1. The summed E-state index contributed by atoms with van der Waals surface area (Å²) in [6.07, 6.45) is 2.96. The fourth-order valence-corrected chi connectivity index (χ4v) is 0.839. The molecule has 1 N–H and O–H groups in total. The molecule has 0 aromatic heterocycles. The van der Waals surface area contributed by atoms with Crippen LogP contribution in [-0.4, -0.2) is 29.1 Å². The maximum Gasteiger partial charge on any atom is 0.330 e. The van der Waals surface area contributed by atoms with E-state index >= 15 is 0 Å². The smallest absolute Gasteiger partial charge is 0.330 e. The molecule has 3 nitrogen and oxygen atoms in total. The highest BCUT2D eigenvalue weighted by Gasteiger charge is 1.98. The first-order valence-corrected chi connectivity index (χ1v) is 4.90. The summed E-state index contributed by atoms with van der Waals surface area (Å²) in [6, 6.07) is 0. The van der Waals surface area contributed by atoms with Crippen molar-refractivity contribution in [2.75, 3.05) is 11.9 Å². The lowest BCUT2D eigenvalue weighted by molar-refractivity contribution is -0.137. The first kappa shape index (κ1) is 11.6. The number of rotatable bonds is 5. The van der Waals surface area contributed by atoms with Crippen LogP contribution >= 0.6 is 15.9 Å². The second kappa shape index (κ2) is 7.31. The summed E-state index contributed by atoms with van der Waals surface area (Å²) in [4.78, 5) is 10.7. The normalized spacial score (nSPS) is 13.2. The summed E-state index contributed by atoms with van der Waals surface area (Å²) in [5, 5.41) is 9.56. The number of halogens is 1. The van der Waals surface area contributed by atoms with E-state index in [1.54, 1.807) is 13.0 Å². The molecule has 4 heteroatoms. The second-order valence-electron chi connectivity index (χ2n) is 2.20. The fourth-order valence-electron chi connectivity index (χ4n) is 0.575. The topological polar surface area (TPSA) is 46.5 Å². The van der Waals surface area contributed by atoms with E-state index in [1.165, 1.54) is 6.08 Å². The molecule has 0 saturated carbocycles. The Morgan fingerprint density at radius 1 is 1.75 bits per heavy atom. The summed E-state index contributed by atoms with van der Waals surface area (Å²) >= 11 is 3.11. The summed E-state index contributed by atoms with van der Waals surface area (Å²) in [5.74, 6) is -0.362. The first-order chi connectivity index (χ1) is 5.70. The SMILES string of the molecule is CCOC(=O)/C=C/C[C@H](O)CBr. The van der Waals surface area contributed by atoms with Gasteiger partial charge >= 0.3 is 5.97 Å². The molecule has 0 aromatic rings. The molecule has 0 spiro atoms. The monoisotopic (exact) mass is 236 g/mol. The molecular weight excluding hydrogens is 224 g/mol.